The maximum Gasteiger partial charge on any atom is 0.191 e. The van der Waals surface area contributed by atoms with Crippen LogP contribution in [0.3, 0.4) is 0 Å². The van der Waals surface area contributed by atoms with Crippen molar-refractivity contribution in [3.8, 4) is 24.2 Å². The van der Waals surface area contributed by atoms with Crippen LogP contribution in [0.15, 0.2) is 30.3 Å². The van der Waals surface area contributed by atoms with Gasteiger partial charge >= 0.3 is 0 Å². The first-order valence-electron chi connectivity index (χ1n) is 7.78. The third-order valence-electron chi connectivity index (χ3n) is 3.99. The van der Waals surface area contributed by atoms with E-state index in [0.717, 1.165) is 5.56 Å². The van der Waals surface area contributed by atoms with Crippen LogP contribution in [-0.2, 0) is 18.9 Å². The van der Waals surface area contributed by atoms with E-state index in [9.17, 15) is 5.11 Å². The van der Waals surface area contributed by atoms with Gasteiger partial charge in [-0.15, -0.1) is 6.42 Å². The van der Waals surface area contributed by atoms with Crippen molar-refractivity contribution in [2.75, 3.05) is 13.2 Å². The summed E-state index contributed by atoms with van der Waals surface area (Å²) < 4.78 is 23.3. The Kier molecular flexibility index (Phi) is 4.64. The highest BCUT2D eigenvalue weighted by atomic mass is 16.8. The smallest absolute Gasteiger partial charge is 0.191 e. The first-order chi connectivity index (χ1) is 11.5. The van der Waals surface area contributed by atoms with Crippen LogP contribution >= 0.6 is 0 Å². The molecule has 1 aromatic carbocycles. The molecule has 0 aliphatic carbocycles. The third kappa shape index (κ3) is 3.06. The first-order valence-corrected chi connectivity index (χ1v) is 7.78. The second kappa shape index (κ2) is 6.57. The molecule has 0 unspecified atom stereocenters. The fourth-order valence-corrected chi connectivity index (χ4v) is 2.96. The summed E-state index contributed by atoms with van der Waals surface area (Å²) in [5, 5.41) is 9.75. The largest absolute Gasteiger partial charge is 0.394 e. The molecule has 0 saturated carbocycles. The number of aliphatic hydroxyl groups is 1. The lowest BCUT2D eigenvalue weighted by Crippen LogP contribution is -2.51. The Balaban J connectivity index is 2.00. The van der Waals surface area contributed by atoms with E-state index in [1.54, 1.807) is 13.8 Å². The number of rotatable bonds is 3. The Morgan fingerprint density at radius 1 is 1.25 bits per heavy atom. The predicted octanol–water partition coefficient (Wildman–Crippen LogP) is 1.30. The topological polar surface area (TPSA) is 57.2 Å². The molecule has 4 atom stereocenters. The second-order valence-corrected chi connectivity index (χ2v) is 6.13. The van der Waals surface area contributed by atoms with E-state index in [1.165, 1.54) is 0 Å². The minimum atomic E-state index is -1.20. The van der Waals surface area contributed by atoms with Gasteiger partial charge in [-0.1, -0.05) is 36.0 Å². The Morgan fingerprint density at radius 3 is 2.67 bits per heavy atom. The number of terminal acetylenes is 1. The molecule has 2 aliphatic heterocycles. The van der Waals surface area contributed by atoms with Gasteiger partial charge in [0.25, 0.3) is 0 Å². The molecule has 0 spiro atoms. The summed E-state index contributed by atoms with van der Waals surface area (Å²) in [5.41, 5.74) is -0.380. The maximum atomic E-state index is 9.75. The van der Waals surface area contributed by atoms with Gasteiger partial charge in [-0.25, -0.2) is 0 Å². The maximum absolute atomic E-state index is 9.75. The third-order valence-corrected chi connectivity index (χ3v) is 3.99. The Hall–Kier alpha value is -1.86. The molecule has 2 heterocycles. The number of hydrogen-bond acceptors (Lipinski definition) is 5. The molecule has 5 nitrogen and oxygen atoms in total. The molecule has 0 aromatic heterocycles. The van der Waals surface area contributed by atoms with Crippen LogP contribution in [0.25, 0.3) is 0 Å². The zero-order chi connectivity index (χ0) is 17.2. The highest BCUT2D eigenvalue weighted by Gasteiger charge is 2.64. The van der Waals surface area contributed by atoms with Gasteiger partial charge in [-0.05, 0) is 26.0 Å². The molecule has 2 fully saturated rings. The summed E-state index contributed by atoms with van der Waals surface area (Å²) in [5.74, 6) is 7.78. The molecular formula is C19H20O5. The predicted molar refractivity (Wildman–Crippen MR) is 86.6 cm³/mol. The van der Waals surface area contributed by atoms with Gasteiger partial charge in [0.15, 0.2) is 23.8 Å². The average molecular weight is 328 g/mol. The fourth-order valence-electron chi connectivity index (χ4n) is 2.96. The monoisotopic (exact) mass is 328 g/mol. The molecule has 0 radical (unpaired) electrons. The number of ether oxygens (including phenoxy) is 4. The first kappa shape index (κ1) is 17.0. The normalized spacial score (nSPS) is 33.3. The van der Waals surface area contributed by atoms with Gasteiger partial charge in [0.1, 0.15) is 12.7 Å². The number of hydrogen-bond donors (Lipinski definition) is 1. The molecule has 0 amide bonds. The molecule has 1 N–H and O–H groups in total. The number of aliphatic hydroxyl groups excluding tert-OH is 1. The SMILES string of the molecule is C#CCO[C@]1(C#Cc2ccccc2)[C@@H](CO)O[C@@H]2OC(C)(C)O[C@@H]21. The summed E-state index contributed by atoms with van der Waals surface area (Å²) >= 11 is 0. The summed E-state index contributed by atoms with van der Waals surface area (Å²) in [7, 11) is 0. The standard InChI is InChI=1S/C19H20O5/c1-4-12-21-19(11-10-14-8-6-5-7-9-14)15(13-20)22-17-16(19)23-18(2,3)24-17/h1,5-9,15-17,20H,12-13H2,2-3H3/t15-,16+,17-,19-/m1/s1. The number of benzene rings is 1. The van der Waals surface area contributed by atoms with Crippen molar-refractivity contribution >= 4 is 0 Å². The molecule has 2 saturated heterocycles. The van der Waals surface area contributed by atoms with Gasteiger partial charge in [0.05, 0.1) is 6.61 Å². The lowest BCUT2D eigenvalue weighted by Gasteiger charge is -2.32. The van der Waals surface area contributed by atoms with Crippen LogP contribution in [0.4, 0.5) is 0 Å². The zero-order valence-electron chi connectivity index (χ0n) is 13.7. The van der Waals surface area contributed by atoms with Crippen molar-refractivity contribution in [1.82, 2.24) is 0 Å². The van der Waals surface area contributed by atoms with Crippen molar-refractivity contribution in [1.29, 1.82) is 0 Å². The Labute approximate surface area is 141 Å². The van der Waals surface area contributed by atoms with Gasteiger partial charge in [0.2, 0.25) is 0 Å². The molecule has 5 heteroatoms. The molecule has 2 aliphatic rings. The Morgan fingerprint density at radius 2 is 2.00 bits per heavy atom. The van der Waals surface area contributed by atoms with E-state index in [2.05, 4.69) is 17.8 Å². The average Bonchev–Trinajstić information content (AvgIpc) is 3.02. The van der Waals surface area contributed by atoms with Crippen LogP contribution in [0.5, 0.6) is 0 Å². The lowest BCUT2D eigenvalue weighted by molar-refractivity contribution is -0.230. The van der Waals surface area contributed by atoms with Crippen molar-refractivity contribution in [3.05, 3.63) is 35.9 Å². The van der Waals surface area contributed by atoms with E-state index >= 15 is 0 Å². The quantitative estimate of drug-likeness (QED) is 0.848. The van der Waals surface area contributed by atoms with Gasteiger partial charge < -0.3 is 24.1 Å². The fraction of sp³-hybridized carbons (Fsp3) is 0.474. The van der Waals surface area contributed by atoms with Crippen molar-refractivity contribution < 1.29 is 24.1 Å². The Bertz CT molecular complexity index is 681. The van der Waals surface area contributed by atoms with E-state index in [4.69, 9.17) is 25.4 Å². The van der Waals surface area contributed by atoms with Crippen LogP contribution in [-0.4, -0.2) is 48.2 Å². The van der Waals surface area contributed by atoms with Gasteiger partial charge in [-0.3, -0.25) is 0 Å². The van der Waals surface area contributed by atoms with Crippen LogP contribution < -0.4 is 0 Å². The summed E-state index contributed by atoms with van der Waals surface area (Å²) in [6.45, 7) is 3.32. The van der Waals surface area contributed by atoms with Crippen LogP contribution in [0.2, 0.25) is 0 Å². The zero-order valence-corrected chi connectivity index (χ0v) is 13.7. The van der Waals surface area contributed by atoms with Crippen molar-refractivity contribution in [2.45, 2.75) is 43.7 Å². The van der Waals surface area contributed by atoms with Crippen LogP contribution in [0, 0.1) is 24.2 Å². The molecule has 1 aromatic rings. The minimum absolute atomic E-state index is 0.0241. The van der Waals surface area contributed by atoms with Gasteiger partial charge in [-0.2, -0.15) is 0 Å². The van der Waals surface area contributed by atoms with Gasteiger partial charge in [0, 0.05) is 5.56 Å². The summed E-state index contributed by atoms with van der Waals surface area (Å²) in [6.07, 6.45) is 3.37. The second-order valence-electron chi connectivity index (χ2n) is 6.13. The lowest BCUT2D eigenvalue weighted by atomic mass is 9.92. The summed E-state index contributed by atoms with van der Waals surface area (Å²) in [4.78, 5) is 0. The summed E-state index contributed by atoms with van der Waals surface area (Å²) in [6, 6.07) is 9.49. The number of fused-ring (bicyclic) bond motifs is 1. The van der Waals surface area contributed by atoms with E-state index in [1.807, 2.05) is 30.3 Å². The molecule has 24 heavy (non-hydrogen) atoms. The molecule has 3 rings (SSSR count). The van der Waals surface area contributed by atoms with E-state index in [0.29, 0.717) is 0 Å². The van der Waals surface area contributed by atoms with E-state index < -0.39 is 29.9 Å². The van der Waals surface area contributed by atoms with Crippen molar-refractivity contribution in [2.24, 2.45) is 0 Å². The van der Waals surface area contributed by atoms with Crippen LogP contribution in [0.1, 0.15) is 19.4 Å². The highest BCUT2D eigenvalue weighted by Crippen LogP contribution is 2.44. The van der Waals surface area contributed by atoms with E-state index in [-0.39, 0.29) is 13.2 Å². The molecule has 126 valence electrons. The molecule has 0 bridgehead atoms. The molecular weight excluding hydrogens is 308 g/mol. The van der Waals surface area contributed by atoms with Crippen molar-refractivity contribution in [3.63, 3.8) is 0 Å². The minimum Gasteiger partial charge on any atom is -0.394 e. The highest BCUT2D eigenvalue weighted by molar-refractivity contribution is 5.38.